The van der Waals surface area contributed by atoms with Crippen LogP contribution in [0.25, 0.3) is 0 Å². The van der Waals surface area contributed by atoms with Gasteiger partial charge >= 0.3 is 0 Å². The summed E-state index contributed by atoms with van der Waals surface area (Å²) in [5.74, 6) is 0.0541. The smallest absolute Gasteiger partial charge is 0.268 e. The predicted octanol–water partition coefficient (Wildman–Crippen LogP) is -0.0982. The van der Waals surface area contributed by atoms with E-state index < -0.39 is 0 Å². The average molecular weight is 294 g/mol. The molecule has 0 aromatic carbocycles. The highest BCUT2D eigenvalue weighted by Gasteiger charge is 2.21. The first-order valence-corrected chi connectivity index (χ1v) is 7.26. The number of amides is 1. The Bertz CT molecular complexity index is 543. The van der Waals surface area contributed by atoms with Gasteiger partial charge in [0.05, 0.1) is 24.6 Å². The molecule has 1 aliphatic rings. The van der Waals surface area contributed by atoms with E-state index in [0.29, 0.717) is 26.1 Å². The van der Waals surface area contributed by atoms with Crippen LogP contribution in [0.1, 0.15) is 19.8 Å². The molecule has 116 valence electrons. The molecule has 2 rings (SSSR count). The zero-order valence-electron chi connectivity index (χ0n) is 12.5. The van der Waals surface area contributed by atoms with Crippen LogP contribution < -0.4 is 15.8 Å². The molecule has 1 aromatic rings. The molecule has 0 unspecified atom stereocenters. The Kier molecular flexibility index (Phi) is 5.32. The molecular weight excluding hydrogens is 272 g/mol. The molecule has 0 bridgehead atoms. The molecule has 7 nitrogen and oxygen atoms in total. The normalized spacial score (nSPS) is 18.6. The quantitative estimate of drug-likeness (QED) is 0.821. The number of hydrogen-bond acceptors (Lipinski definition) is 5. The number of rotatable bonds is 5. The van der Waals surface area contributed by atoms with Gasteiger partial charge in [0.1, 0.15) is 0 Å². The molecule has 1 amide bonds. The summed E-state index contributed by atoms with van der Waals surface area (Å²) in [7, 11) is 1.63. The summed E-state index contributed by atoms with van der Waals surface area (Å²) in [6, 6.07) is 1.59. The summed E-state index contributed by atoms with van der Waals surface area (Å²) < 4.78 is 7.01. The van der Waals surface area contributed by atoms with E-state index in [1.165, 1.54) is 4.68 Å². The highest BCUT2D eigenvalue weighted by atomic mass is 16.5. The fourth-order valence-corrected chi connectivity index (χ4v) is 2.26. The Morgan fingerprint density at radius 3 is 3.10 bits per heavy atom. The Hall–Kier alpha value is -1.89. The van der Waals surface area contributed by atoms with Gasteiger partial charge in [-0.25, -0.2) is 4.68 Å². The van der Waals surface area contributed by atoms with Crippen LogP contribution in [0.5, 0.6) is 0 Å². The van der Waals surface area contributed by atoms with E-state index in [4.69, 9.17) is 4.74 Å². The van der Waals surface area contributed by atoms with Gasteiger partial charge in [0.25, 0.3) is 5.56 Å². The molecule has 7 heteroatoms. The number of anilines is 1. The third kappa shape index (κ3) is 4.29. The number of carbonyl (C=O) groups excluding carboxylic acids is 1. The first kappa shape index (κ1) is 15.5. The predicted molar refractivity (Wildman–Crippen MR) is 79.3 cm³/mol. The van der Waals surface area contributed by atoms with Crippen molar-refractivity contribution in [2.24, 2.45) is 7.05 Å². The Morgan fingerprint density at radius 1 is 1.57 bits per heavy atom. The number of carbonyl (C=O) groups is 1. The van der Waals surface area contributed by atoms with Crippen molar-refractivity contribution < 1.29 is 9.53 Å². The van der Waals surface area contributed by atoms with Crippen molar-refractivity contribution in [3.05, 3.63) is 22.6 Å². The fraction of sp³-hybridized carbons (Fsp3) is 0.643. The third-order valence-electron chi connectivity index (χ3n) is 3.57. The lowest BCUT2D eigenvalue weighted by Gasteiger charge is -2.34. The molecule has 1 aromatic heterocycles. The zero-order valence-corrected chi connectivity index (χ0v) is 12.5. The molecule has 1 N–H and O–H groups in total. The van der Waals surface area contributed by atoms with E-state index in [9.17, 15) is 9.59 Å². The Labute approximate surface area is 123 Å². The molecular formula is C14H22N4O3. The number of ether oxygens (including phenoxy) is 1. The average Bonchev–Trinajstić information content (AvgIpc) is 2.50. The van der Waals surface area contributed by atoms with Crippen molar-refractivity contribution in [3.8, 4) is 0 Å². The zero-order chi connectivity index (χ0) is 15.2. The van der Waals surface area contributed by atoms with Gasteiger partial charge in [0.2, 0.25) is 5.91 Å². The first-order valence-electron chi connectivity index (χ1n) is 7.26. The number of nitrogens with one attached hydrogen (secondary N) is 1. The van der Waals surface area contributed by atoms with Gasteiger partial charge in [-0.1, -0.05) is 6.92 Å². The number of hydrogen-bond donors (Lipinski definition) is 1. The molecule has 0 aliphatic carbocycles. The molecule has 21 heavy (non-hydrogen) atoms. The molecule has 0 spiro atoms. The van der Waals surface area contributed by atoms with Gasteiger partial charge in [-0.15, -0.1) is 0 Å². The van der Waals surface area contributed by atoms with Gasteiger partial charge in [-0.2, -0.15) is 5.10 Å². The summed E-state index contributed by atoms with van der Waals surface area (Å²) in [4.78, 5) is 24.9. The number of nitrogens with zero attached hydrogens (tertiary/aromatic N) is 3. The number of morpholine rings is 1. The highest BCUT2D eigenvalue weighted by Crippen LogP contribution is 2.16. The molecule has 1 saturated heterocycles. The van der Waals surface area contributed by atoms with Gasteiger partial charge in [0, 0.05) is 39.2 Å². The lowest BCUT2D eigenvalue weighted by Crippen LogP contribution is -2.44. The number of aryl methyl sites for hydroxylation is 1. The summed E-state index contributed by atoms with van der Waals surface area (Å²) in [6.45, 7) is 4.50. The van der Waals surface area contributed by atoms with Gasteiger partial charge in [-0.3, -0.25) is 9.59 Å². The molecule has 1 fully saturated rings. The third-order valence-corrected chi connectivity index (χ3v) is 3.57. The lowest BCUT2D eigenvalue weighted by molar-refractivity contribution is -0.120. The monoisotopic (exact) mass is 294 g/mol. The van der Waals surface area contributed by atoms with Gasteiger partial charge < -0.3 is 15.0 Å². The molecule has 0 radical (unpaired) electrons. The van der Waals surface area contributed by atoms with Crippen molar-refractivity contribution >= 4 is 11.6 Å². The minimum absolute atomic E-state index is 0.0541. The van der Waals surface area contributed by atoms with Gasteiger partial charge in [-0.05, 0) is 6.42 Å². The fourth-order valence-electron chi connectivity index (χ4n) is 2.26. The van der Waals surface area contributed by atoms with Crippen LogP contribution in [0, 0.1) is 0 Å². The van der Waals surface area contributed by atoms with Crippen molar-refractivity contribution in [2.75, 3.05) is 31.1 Å². The van der Waals surface area contributed by atoms with Crippen molar-refractivity contribution in [3.63, 3.8) is 0 Å². The standard InChI is InChI=1S/C14H22N4O3/c1-3-13(19)15-5-4-12-10-18(6-7-21-12)11-8-14(20)17(2)16-9-11/h8-9,12H,3-7,10H2,1-2H3,(H,15,19)/t12-/m1/s1. The summed E-state index contributed by atoms with van der Waals surface area (Å²) >= 11 is 0. The molecule has 1 atom stereocenters. The maximum absolute atomic E-state index is 11.6. The lowest BCUT2D eigenvalue weighted by atomic mass is 10.2. The largest absolute Gasteiger partial charge is 0.374 e. The Morgan fingerprint density at radius 2 is 2.38 bits per heavy atom. The SMILES string of the molecule is CCC(=O)NCC[C@@H]1CN(c2cnn(C)c(=O)c2)CCO1. The highest BCUT2D eigenvalue weighted by molar-refractivity contribution is 5.75. The second-order valence-electron chi connectivity index (χ2n) is 5.11. The Balaban J connectivity index is 1.89. The molecule has 0 saturated carbocycles. The first-order chi connectivity index (χ1) is 10.1. The van der Waals surface area contributed by atoms with E-state index in [-0.39, 0.29) is 17.6 Å². The van der Waals surface area contributed by atoms with Crippen LogP contribution in [0.3, 0.4) is 0 Å². The minimum Gasteiger partial charge on any atom is -0.374 e. The molecule has 2 heterocycles. The van der Waals surface area contributed by atoms with E-state index in [2.05, 4.69) is 15.3 Å². The van der Waals surface area contributed by atoms with Crippen LogP contribution in [0.2, 0.25) is 0 Å². The summed E-state index contributed by atoms with van der Waals surface area (Å²) in [5, 5.41) is 6.89. The van der Waals surface area contributed by atoms with E-state index in [1.54, 1.807) is 19.3 Å². The summed E-state index contributed by atoms with van der Waals surface area (Å²) in [5.41, 5.74) is 0.703. The number of aromatic nitrogens is 2. The van der Waals surface area contributed by atoms with E-state index in [0.717, 1.165) is 18.7 Å². The van der Waals surface area contributed by atoms with Crippen LogP contribution in [0.15, 0.2) is 17.1 Å². The summed E-state index contributed by atoms with van der Waals surface area (Å²) in [6.07, 6.45) is 3.01. The van der Waals surface area contributed by atoms with Crippen molar-refractivity contribution in [1.29, 1.82) is 0 Å². The van der Waals surface area contributed by atoms with E-state index in [1.807, 2.05) is 6.92 Å². The maximum Gasteiger partial charge on any atom is 0.268 e. The van der Waals surface area contributed by atoms with E-state index >= 15 is 0 Å². The van der Waals surface area contributed by atoms with Crippen LogP contribution in [-0.2, 0) is 16.6 Å². The van der Waals surface area contributed by atoms with Crippen LogP contribution >= 0.6 is 0 Å². The van der Waals surface area contributed by atoms with Gasteiger partial charge in [0.15, 0.2) is 0 Å². The minimum atomic E-state index is -0.120. The molecule has 1 aliphatic heterocycles. The maximum atomic E-state index is 11.6. The second-order valence-corrected chi connectivity index (χ2v) is 5.11. The van der Waals surface area contributed by atoms with Crippen molar-refractivity contribution in [2.45, 2.75) is 25.9 Å². The van der Waals surface area contributed by atoms with Crippen LogP contribution in [-0.4, -0.2) is 48.0 Å². The van der Waals surface area contributed by atoms with Crippen LogP contribution in [0.4, 0.5) is 5.69 Å². The second kappa shape index (κ2) is 7.21. The topological polar surface area (TPSA) is 76.5 Å². The van der Waals surface area contributed by atoms with Crippen molar-refractivity contribution in [1.82, 2.24) is 15.1 Å².